The fourth-order valence-electron chi connectivity index (χ4n) is 3.96. The summed E-state index contributed by atoms with van der Waals surface area (Å²) in [5, 5.41) is 10.3. The molecular weight excluding hydrogens is 452 g/mol. The minimum Gasteiger partial charge on any atom is -0.478 e. The van der Waals surface area contributed by atoms with Crippen LogP contribution in [0.3, 0.4) is 0 Å². The maximum absolute atomic E-state index is 13.8. The van der Waals surface area contributed by atoms with Gasteiger partial charge < -0.3 is 14.6 Å². The fraction of sp³-hybridized carbons (Fsp3) is 0.154. The van der Waals surface area contributed by atoms with Crippen molar-refractivity contribution in [3.63, 3.8) is 0 Å². The number of fused-ring (bicyclic) bond motifs is 2. The van der Waals surface area contributed by atoms with E-state index in [1.54, 1.807) is 42.5 Å². The summed E-state index contributed by atoms with van der Waals surface area (Å²) in [5.41, 5.74) is 4.98. The third kappa shape index (κ3) is 4.04. The van der Waals surface area contributed by atoms with Gasteiger partial charge in [-0.1, -0.05) is 24.3 Å². The molecule has 4 aromatic rings. The van der Waals surface area contributed by atoms with Gasteiger partial charge in [0.15, 0.2) is 17.3 Å². The number of aryl methyl sites for hydroxylation is 2. The highest BCUT2D eigenvalue weighted by Gasteiger charge is 2.25. The van der Waals surface area contributed by atoms with E-state index in [4.69, 9.17) is 9.47 Å². The minimum absolute atomic E-state index is 0.0594. The Bertz CT molecular complexity index is 1490. The van der Waals surface area contributed by atoms with Crippen LogP contribution in [0.1, 0.15) is 32.6 Å². The molecule has 0 spiro atoms. The van der Waals surface area contributed by atoms with Crippen LogP contribution in [0.5, 0.6) is 11.5 Å². The van der Waals surface area contributed by atoms with E-state index in [1.807, 2.05) is 26.0 Å². The molecule has 7 nitrogen and oxygen atoms in total. The molecule has 1 aromatic heterocycles. The molecule has 170 valence electrons. The second-order valence-electron chi connectivity index (χ2n) is 8.12. The quantitative estimate of drug-likeness (QED) is 0.311. The molecule has 0 bridgehead atoms. The van der Waals surface area contributed by atoms with E-state index in [1.165, 1.54) is 0 Å². The molecular formula is C26H20N2O5S. The number of aliphatic carboxylic acids is 1. The molecule has 0 amide bonds. The molecule has 0 aliphatic carbocycles. The summed E-state index contributed by atoms with van der Waals surface area (Å²) in [6.07, 6.45) is 0.109. The fourth-order valence-corrected chi connectivity index (χ4v) is 4.48. The normalized spacial score (nSPS) is 13.1. The molecule has 5 rings (SSSR count). The lowest BCUT2D eigenvalue weighted by Crippen LogP contribution is -2.14. The topological polar surface area (TPSA) is 98.6 Å². The largest absolute Gasteiger partial charge is 0.478 e. The Morgan fingerprint density at radius 2 is 1.65 bits per heavy atom. The maximum Gasteiger partial charge on any atom is 0.336 e. The van der Waals surface area contributed by atoms with Gasteiger partial charge in [-0.25, -0.2) is 4.79 Å². The van der Waals surface area contributed by atoms with Gasteiger partial charge in [-0.3, -0.25) is 4.79 Å². The molecule has 1 N–H and O–H groups in total. The lowest BCUT2D eigenvalue weighted by Gasteiger charge is -2.14. The molecule has 0 saturated carbocycles. The summed E-state index contributed by atoms with van der Waals surface area (Å²) in [6.45, 7) is 4.02. The van der Waals surface area contributed by atoms with E-state index in [0.29, 0.717) is 33.7 Å². The van der Waals surface area contributed by atoms with Crippen molar-refractivity contribution in [2.45, 2.75) is 20.3 Å². The Balaban J connectivity index is 1.68. The number of rotatable bonds is 6. The van der Waals surface area contributed by atoms with Gasteiger partial charge in [0.1, 0.15) is 11.0 Å². The Hall–Kier alpha value is -4.04. The number of aromatic nitrogens is 2. The van der Waals surface area contributed by atoms with Gasteiger partial charge in [-0.05, 0) is 66.4 Å². The van der Waals surface area contributed by atoms with Crippen molar-refractivity contribution in [1.82, 2.24) is 8.75 Å². The number of hydrogen-bond donors (Lipinski definition) is 1. The number of Topliss-reactive ketones (excluding diaryl/α,β-unsaturated/α-hetero) is 1. The standard InChI is InChI=1S/C26H20N2O5S/c1-14-3-5-18(9-15(14)2)25(29)19(10-16-4-8-22-23(11-16)33-13-32-22)24(26(30)31)17-6-7-20-21(12-17)28-34-27-20/h3-9,11-12H,10,13H2,1-2H3,(H,30,31). The first-order valence-corrected chi connectivity index (χ1v) is 11.3. The van der Waals surface area contributed by atoms with Crippen molar-refractivity contribution in [3.05, 3.63) is 88.0 Å². The highest BCUT2D eigenvalue weighted by Crippen LogP contribution is 2.34. The highest BCUT2D eigenvalue weighted by molar-refractivity contribution is 7.00. The number of benzene rings is 3. The minimum atomic E-state index is -1.18. The molecule has 8 heteroatoms. The predicted octanol–water partition coefficient (Wildman–Crippen LogP) is 5.00. The van der Waals surface area contributed by atoms with Gasteiger partial charge in [0.2, 0.25) is 6.79 Å². The van der Waals surface area contributed by atoms with Gasteiger partial charge >= 0.3 is 5.97 Å². The molecule has 0 unspecified atom stereocenters. The van der Waals surface area contributed by atoms with E-state index >= 15 is 0 Å². The van der Waals surface area contributed by atoms with Crippen LogP contribution in [0.2, 0.25) is 0 Å². The summed E-state index contributed by atoms with van der Waals surface area (Å²) in [6, 6.07) is 15.8. The lowest BCUT2D eigenvalue weighted by molar-refractivity contribution is -0.130. The molecule has 0 radical (unpaired) electrons. The van der Waals surface area contributed by atoms with Gasteiger partial charge in [-0.15, -0.1) is 0 Å². The number of hydrogen-bond acceptors (Lipinski definition) is 7. The molecule has 0 fully saturated rings. The molecule has 34 heavy (non-hydrogen) atoms. The van der Waals surface area contributed by atoms with Gasteiger partial charge in [0.25, 0.3) is 0 Å². The third-order valence-corrected chi connectivity index (χ3v) is 6.48. The average molecular weight is 473 g/mol. The number of allylic oxidation sites excluding steroid dienone is 1. The Morgan fingerprint density at radius 3 is 2.44 bits per heavy atom. The van der Waals surface area contributed by atoms with Gasteiger partial charge in [0.05, 0.1) is 17.3 Å². The number of carboxylic acids is 1. The predicted molar refractivity (Wildman–Crippen MR) is 128 cm³/mol. The lowest BCUT2D eigenvalue weighted by atomic mass is 9.88. The number of ether oxygens (including phenoxy) is 2. The molecule has 0 atom stereocenters. The summed E-state index contributed by atoms with van der Waals surface area (Å²) in [4.78, 5) is 26.3. The Morgan fingerprint density at radius 1 is 0.882 bits per heavy atom. The van der Waals surface area contributed by atoms with E-state index in [0.717, 1.165) is 28.4 Å². The highest BCUT2D eigenvalue weighted by atomic mass is 32.1. The molecule has 0 saturated heterocycles. The zero-order valence-electron chi connectivity index (χ0n) is 18.5. The van der Waals surface area contributed by atoms with Crippen LogP contribution in [0, 0.1) is 13.8 Å². The monoisotopic (exact) mass is 472 g/mol. The van der Waals surface area contributed by atoms with Crippen molar-refractivity contribution < 1.29 is 24.2 Å². The second kappa shape index (κ2) is 8.72. The summed E-state index contributed by atoms with van der Waals surface area (Å²) < 4.78 is 19.3. The van der Waals surface area contributed by atoms with Crippen LogP contribution < -0.4 is 9.47 Å². The zero-order valence-corrected chi connectivity index (χ0v) is 19.3. The number of nitrogens with zero attached hydrogens (tertiary/aromatic N) is 2. The first kappa shape index (κ1) is 21.8. The van der Waals surface area contributed by atoms with E-state index in [2.05, 4.69) is 8.75 Å². The summed E-state index contributed by atoms with van der Waals surface area (Å²) >= 11 is 1.05. The number of carboxylic acid groups (broad SMARTS) is 1. The van der Waals surface area contributed by atoms with Crippen LogP contribution in [0.25, 0.3) is 16.6 Å². The number of carbonyl (C=O) groups excluding carboxylic acids is 1. The van der Waals surface area contributed by atoms with E-state index in [9.17, 15) is 14.7 Å². The van der Waals surface area contributed by atoms with Gasteiger partial charge in [0, 0.05) is 17.6 Å². The number of carbonyl (C=O) groups is 2. The van der Waals surface area contributed by atoms with Crippen LogP contribution in [-0.4, -0.2) is 32.4 Å². The van der Waals surface area contributed by atoms with E-state index in [-0.39, 0.29) is 30.1 Å². The Labute approximate surface area is 199 Å². The molecule has 1 aliphatic heterocycles. The van der Waals surface area contributed by atoms with Crippen LogP contribution in [-0.2, 0) is 11.2 Å². The SMILES string of the molecule is Cc1ccc(C(=O)C(Cc2ccc3c(c2)OCO3)=C(C(=O)O)c2ccc3nsnc3c2)cc1C. The van der Waals surface area contributed by atoms with E-state index < -0.39 is 5.97 Å². The molecule has 3 aromatic carbocycles. The molecule has 1 aliphatic rings. The smallest absolute Gasteiger partial charge is 0.336 e. The first-order chi connectivity index (χ1) is 16.4. The summed E-state index contributed by atoms with van der Waals surface area (Å²) in [7, 11) is 0. The average Bonchev–Trinajstić information content (AvgIpc) is 3.48. The zero-order chi connectivity index (χ0) is 23.8. The van der Waals surface area contributed by atoms with Gasteiger partial charge in [-0.2, -0.15) is 8.75 Å². The summed E-state index contributed by atoms with van der Waals surface area (Å²) in [5.74, 6) is -0.331. The van der Waals surface area contributed by atoms with Crippen LogP contribution in [0.15, 0.2) is 60.2 Å². The Kier molecular flexibility index (Phi) is 5.59. The first-order valence-electron chi connectivity index (χ1n) is 10.6. The second-order valence-corrected chi connectivity index (χ2v) is 8.65. The van der Waals surface area contributed by atoms with Crippen molar-refractivity contribution in [1.29, 1.82) is 0 Å². The third-order valence-electron chi connectivity index (χ3n) is 5.92. The number of ketones is 1. The van der Waals surface area contributed by atoms with Crippen LogP contribution in [0.4, 0.5) is 0 Å². The molecule has 2 heterocycles. The van der Waals surface area contributed by atoms with Crippen molar-refractivity contribution in [3.8, 4) is 11.5 Å². The van der Waals surface area contributed by atoms with Crippen LogP contribution >= 0.6 is 11.7 Å². The van der Waals surface area contributed by atoms with Crippen molar-refractivity contribution in [2.24, 2.45) is 0 Å². The van der Waals surface area contributed by atoms with Crippen molar-refractivity contribution in [2.75, 3.05) is 6.79 Å². The van der Waals surface area contributed by atoms with Crippen molar-refractivity contribution >= 4 is 40.1 Å². The maximum atomic E-state index is 13.8.